The number of carbonyl (C=O) groups is 1. The molecule has 0 saturated carbocycles. The molecule has 0 N–H and O–H groups in total. The molecule has 118 valence electrons. The van der Waals surface area contributed by atoms with E-state index in [1.165, 1.54) is 9.75 Å². The van der Waals surface area contributed by atoms with E-state index in [0.717, 1.165) is 45.6 Å². The number of amides is 1. The number of carbonyl (C=O) groups excluding carboxylic acids is 1. The SMILES string of the molecule is O=C(CCCc1cccs1)N1CCN(Cc2cccs2)CC1. The Hall–Kier alpha value is -1.17. The highest BCUT2D eigenvalue weighted by Crippen LogP contribution is 2.15. The van der Waals surface area contributed by atoms with E-state index in [1.807, 2.05) is 16.2 Å². The summed E-state index contributed by atoms with van der Waals surface area (Å²) in [4.78, 5) is 19.5. The third-order valence-electron chi connectivity index (χ3n) is 4.08. The summed E-state index contributed by atoms with van der Waals surface area (Å²) in [7, 11) is 0. The van der Waals surface area contributed by atoms with Gasteiger partial charge in [-0.15, -0.1) is 22.7 Å². The predicted octanol–water partition coefficient (Wildman–Crippen LogP) is 3.48. The summed E-state index contributed by atoms with van der Waals surface area (Å²) in [6.45, 7) is 4.77. The van der Waals surface area contributed by atoms with Gasteiger partial charge in [-0.3, -0.25) is 9.69 Å². The number of rotatable bonds is 6. The number of hydrogen-bond acceptors (Lipinski definition) is 4. The third-order valence-corrected chi connectivity index (χ3v) is 5.88. The van der Waals surface area contributed by atoms with E-state index in [4.69, 9.17) is 0 Å². The first-order chi connectivity index (χ1) is 10.8. The zero-order valence-electron chi connectivity index (χ0n) is 12.7. The molecule has 2 aromatic rings. The Morgan fingerprint density at radius 2 is 1.68 bits per heavy atom. The lowest BCUT2D eigenvalue weighted by atomic mass is 10.2. The van der Waals surface area contributed by atoms with Gasteiger partial charge in [0.15, 0.2) is 0 Å². The lowest BCUT2D eigenvalue weighted by Gasteiger charge is -2.34. The Balaban J connectivity index is 1.36. The normalized spacial score (nSPS) is 16.1. The second-order valence-electron chi connectivity index (χ2n) is 5.67. The Morgan fingerprint density at radius 1 is 1.00 bits per heavy atom. The topological polar surface area (TPSA) is 23.6 Å². The first kappa shape index (κ1) is 15.7. The summed E-state index contributed by atoms with van der Waals surface area (Å²) in [5.74, 6) is 0.326. The van der Waals surface area contributed by atoms with Crippen molar-refractivity contribution in [3.8, 4) is 0 Å². The van der Waals surface area contributed by atoms with Gasteiger partial charge in [-0.1, -0.05) is 12.1 Å². The number of piperazine rings is 1. The Morgan fingerprint density at radius 3 is 2.32 bits per heavy atom. The zero-order chi connectivity index (χ0) is 15.2. The molecule has 3 heterocycles. The highest BCUT2D eigenvalue weighted by atomic mass is 32.1. The maximum Gasteiger partial charge on any atom is 0.222 e. The van der Waals surface area contributed by atoms with Gasteiger partial charge >= 0.3 is 0 Å². The van der Waals surface area contributed by atoms with Crippen molar-refractivity contribution in [3.05, 3.63) is 44.8 Å². The minimum Gasteiger partial charge on any atom is -0.340 e. The first-order valence-corrected chi connectivity index (χ1v) is 9.62. The summed E-state index contributed by atoms with van der Waals surface area (Å²) < 4.78 is 0. The largest absolute Gasteiger partial charge is 0.340 e. The average molecular weight is 335 g/mol. The molecule has 0 bridgehead atoms. The molecular formula is C17H22N2OS2. The maximum absolute atomic E-state index is 12.3. The van der Waals surface area contributed by atoms with Gasteiger partial charge < -0.3 is 4.90 Å². The third kappa shape index (κ3) is 4.41. The van der Waals surface area contributed by atoms with Gasteiger partial charge in [0.25, 0.3) is 0 Å². The van der Waals surface area contributed by atoms with Gasteiger partial charge in [0.05, 0.1) is 0 Å². The summed E-state index contributed by atoms with van der Waals surface area (Å²) in [5, 5.41) is 4.23. The van der Waals surface area contributed by atoms with Crippen LogP contribution in [0.3, 0.4) is 0 Å². The first-order valence-electron chi connectivity index (χ1n) is 7.86. The fraction of sp³-hybridized carbons (Fsp3) is 0.471. The van der Waals surface area contributed by atoms with Gasteiger partial charge in [0.1, 0.15) is 0 Å². The summed E-state index contributed by atoms with van der Waals surface area (Å²) in [6.07, 6.45) is 2.68. The minimum atomic E-state index is 0.326. The molecule has 1 amide bonds. The summed E-state index contributed by atoms with van der Waals surface area (Å²) in [6, 6.07) is 8.52. The fourth-order valence-corrected chi connectivity index (χ4v) is 4.30. The van der Waals surface area contributed by atoms with Crippen molar-refractivity contribution in [1.82, 2.24) is 9.80 Å². The standard InChI is InChI=1S/C17H22N2OS2/c20-17(7-1-4-15-5-2-12-21-15)19-10-8-18(9-11-19)14-16-6-3-13-22-16/h2-3,5-6,12-13H,1,4,7-11,14H2. The van der Waals surface area contributed by atoms with Crippen LogP contribution in [-0.4, -0.2) is 41.9 Å². The van der Waals surface area contributed by atoms with Crippen LogP contribution in [0.5, 0.6) is 0 Å². The monoisotopic (exact) mass is 334 g/mol. The van der Waals surface area contributed by atoms with Crippen LogP contribution in [0.4, 0.5) is 0 Å². The molecule has 0 spiro atoms. The van der Waals surface area contributed by atoms with Gasteiger partial charge in [0.2, 0.25) is 5.91 Å². The second kappa shape index (κ2) is 7.90. The van der Waals surface area contributed by atoms with E-state index < -0.39 is 0 Å². The van der Waals surface area contributed by atoms with Crippen molar-refractivity contribution in [3.63, 3.8) is 0 Å². The van der Waals surface area contributed by atoms with Crippen LogP contribution < -0.4 is 0 Å². The number of thiophene rings is 2. The van der Waals surface area contributed by atoms with Gasteiger partial charge in [-0.05, 0) is 35.7 Å². The lowest BCUT2D eigenvalue weighted by Crippen LogP contribution is -2.48. The molecule has 0 atom stereocenters. The molecular weight excluding hydrogens is 312 g/mol. The highest BCUT2D eigenvalue weighted by Gasteiger charge is 2.20. The van der Waals surface area contributed by atoms with Crippen molar-refractivity contribution >= 4 is 28.6 Å². The van der Waals surface area contributed by atoms with Crippen LogP contribution in [0.2, 0.25) is 0 Å². The van der Waals surface area contributed by atoms with E-state index in [0.29, 0.717) is 12.3 Å². The van der Waals surface area contributed by atoms with Crippen molar-refractivity contribution in [2.75, 3.05) is 26.2 Å². The van der Waals surface area contributed by atoms with Gasteiger partial charge in [0, 0.05) is 48.9 Å². The fourth-order valence-electron chi connectivity index (χ4n) is 2.81. The molecule has 1 fully saturated rings. The van der Waals surface area contributed by atoms with Crippen molar-refractivity contribution < 1.29 is 4.79 Å². The van der Waals surface area contributed by atoms with Crippen LogP contribution in [0.15, 0.2) is 35.0 Å². The number of hydrogen-bond donors (Lipinski definition) is 0. The van der Waals surface area contributed by atoms with Crippen molar-refractivity contribution in [2.45, 2.75) is 25.8 Å². The molecule has 3 nitrogen and oxygen atoms in total. The van der Waals surface area contributed by atoms with Crippen LogP contribution >= 0.6 is 22.7 Å². The van der Waals surface area contributed by atoms with Crippen LogP contribution in [0, 0.1) is 0 Å². The van der Waals surface area contributed by atoms with Crippen LogP contribution in [-0.2, 0) is 17.8 Å². The molecule has 2 aromatic heterocycles. The smallest absolute Gasteiger partial charge is 0.222 e. The molecule has 0 aliphatic carbocycles. The Labute approximate surface area is 140 Å². The summed E-state index contributed by atoms with van der Waals surface area (Å²) in [5.41, 5.74) is 0. The molecule has 1 aliphatic heterocycles. The molecule has 1 aliphatic rings. The lowest BCUT2D eigenvalue weighted by molar-refractivity contribution is -0.133. The van der Waals surface area contributed by atoms with E-state index >= 15 is 0 Å². The molecule has 0 radical (unpaired) electrons. The van der Waals surface area contributed by atoms with E-state index in [2.05, 4.69) is 39.9 Å². The summed E-state index contributed by atoms with van der Waals surface area (Å²) >= 11 is 3.59. The maximum atomic E-state index is 12.3. The molecule has 0 unspecified atom stereocenters. The van der Waals surface area contributed by atoms with E-state index in [1.54, 1.807) is 11.3 Å². The predicted molar refractivity (Wildman–Crippen MR) is 93.4 cm³/mol. The van der Waals surface area contributed by atoms with Gasteiger partial charge in [-0.2, -0.15) is 0 Å². The van der Waals surface area contributed by atoms with Crippen LogP contribution in [0.25, 0.3) is 0 Å². The molecule has 3 rings (SSSR count). The molecule has 0 aromatic carbocycles. The van der Waals surface area contributed by atoms with Crippen LogP contribution in [0.1, 0.15) is 22.6 Å². The molecule has 1 saturated heterocycles. The Bertz CT molecular complexity index is 558. The Kier molecular flexibility index (Phi) is 5.64. The average Bonchev–Trinajstić information content (AvgIpc) is 3.21. The second-order valence-corrected chi connectivity index (χ2v) is 7.73. The molecule has 5 heteroatoms. The van der Waals surface area contributed by atoms with E-state index in [-0.39, 0.29) is 0 Å². The number of nitrogens with zero attached hydrogens (tertiary/aromatic N) is 2. The van der Waals surface area contributed by atoms with Crippen molar-refractivity contribution in [2.24, 2.45) is 0 Å². The quantitative estimate of drug-likeness (QED) is 0.807. The minimum absolute atomic E-state index is 0.326. The van der Waals surface area contributed by atoms with E-state index in [9.17, 15) is 4.79 Å². The van der Waals surface area contributed by atoms with Crippen molar-refractivity contribution in [1.29, 1.82) is 0 Å². The van der Waals surface area contributed by atoms with Gasteiger partial charge in [-0.25, -0.2) is 0 Å². The molecule has 22 heavy (non-hydrogen) atoms. The highest BCUT2D eigenvalue weighted by molar-refractivity contribution is 7.10. The number of aryl methyl sites for hydroxylation is 1. The zero-order valence-corrected chi connectivity index (χ0v) is 14.4.